The van der Waals surface area contributed by atoms with E-state index in [2.05, 4.69) is 61.5 Å². The molecule has 0 N–H and O–H groups in total. The van der Waals surface area contributed by atoms with E-state index in [1.54, 1.807) is 17.5 Å². The van der Waals surface area contributed by atoms with Crippen LogP contribution in [0.3, 0.4) is 0 Å². The van der Waals surface area contributed by atoms with Crippen molar-refractivity contribution in [3.63, 3.8) is 0 Å². The Morgan fingerprint density at radius 3 is 2.26 bits per heavy atom. The van der Waals surface area contributed by atoms with Gasteiger partial charge in [-0.15, -0.1) is 11.3 Å². The van der Waals surface area contributed by atoms with Gasteiger partial charge in [-0.05, 0) is 29.3 Å². The number of nitrogens with zero attached hydrogens (tertiary/aromatic N) is 6. The number of benzene rings is 1. The van der Waals surface area contributed by atoms with Crippen LogP contribution in [0.1, 0.15) is 5.56 Å². The number of rotatable bonds is 5. The summed E-state index contributed by atoms with van der Waals surface area (Å²) in [5.41, 5.74) is 4.59. The van der Waals surface area contributed by atoms with Crippen LogP contribution in [0.15, 0.2) is 84.8 Å². The molecule has 0 bridgehead atoms. The third-order valence-corrected chi connectivity index (χ3v) is 7.09. The maximum Gasteiger partial charge on any atom is 0.164 e. The van der Waals surface area contributed by atoms with E-state index in [1.165, 1.54) is 16.7 Å². The van der Waals surface area contributed by atoms with Crippen molar-refractivity contribution < 1.29 is 0 Å². The molecular formula is C27H24N6S. The van der Waals surface area contributed by atoms with Crippen molar-refractivity contribution in [1.29, 1.82) is 0 Å². The highest BCUT2D eigenvalue weighted by Gasteiger charge is 2.24. The van der Waals surface area contributed by atoms with Crippen LogP contribution in [0.4, 0.5) is 5.82 Å². The van der Waals surface area contributed by atoms with Crippen LogP contribution in [0.25, 0.3) is 32.7 Å². The molecule has 1 aliphatic heterocycles. The van der Waals surface area contributed by atoms with Crippen molar-refractivity contribution in [2.45, 2.75) is 6.54 Å². The summed E-state index contributed by atoms with van der Waals surface area (Å²) in [7, 11) is 0. The van der Waals surface area contributed by atoms with E-state index >= 15 is 0 Å². The second-order valence-corrected chi connectivity index (χ2v) is 9.29. The topological polar surface area (TPSA) is 58.0 Å². The molecule has 0 atom stereocenters. The van der Waals surface area contributed by atoms with E-state index < -0.39 is 0 Å². The standard InChI is InChI=1S/C27H24N6S/c1-2-7-21(8-3-1)23-19-34-27-24(23)26(30-25(31-27)22-9-5-11-29-17-22)33-14-12-32(13-15-33)18-20-6-4-10-28-16-20/h1-11,16-17,19H,12-15,18H2. The molecule has 5 aromatic rings. The maximum absolute atomic E-state index is 5.12. The summed E-state index contributed by atoms with van der Waals surface area (Å²) in [4.78, 5) is 24.5. The first-order valence-electron chi connectivity index (χ1n) is 11.5. The van der Waals surface area contributed by atoms with Crippen LogP contribution in [-0.4, -0.2) is 51.0 Å². The van der Waals surface area contributed by atoms with Crippen molar-refractivity contribution in [3.8, 4) is 22.5 Å². The lowest BCUT2D eigenvalue weighted by Gasteiger charge is -2.36. The molecule has 34 heavy (non-hydrogen) atoms. The van der Waals surface area contributed by atoms with Gasteiger partial charge in [0.2, 0.25) is 0 Å². The third kappa shape index (κ3) is 4.16. The van der Waals surface area contributed by atoms with Crippen LogP contribution < -0.4 is 4.90 Å². The fourth-order valence-electron chi connectivity index (χ4n) is 4.47. The second-order valence-electron chi connectivity index (χ2n) is 8.43. The first kappa shape index (κ1) is 20.9. The van der Waals surface area contributed by atoms with Crippen LogP contribution in [0, 0.1) is 0 Å². The molecule has 1 saturated heterocycles. The summed E-state index contributed by atoms with van der Waals surface area (Å²) in [6.45, 7) is 4.72. The minimum atomic E-state index is 0.731. The number of thiophene rings is 1. The fraction of sp³-hybridized carbons (Fsp3) is 0.185. The lowest BCUT2D eigenvalue weighted by molar-refractivity contribution is 0.249. The molecule has 0 saturated carbocycles. The number of piperazine rings is 1. The normalized spacial score (nSPS) is 14.5. The van der Waals surface area contributed by atoms with E-state index in [9.17, 15) is 0 Å². The van der Waals surface area contributed by atoms with Crippen molar-refractivity contribution in [2.24, 2.45) is 0 Å². The molecule has 7 heteroatoms. The molecule has 6 rings (SSSR count). The Balaban J connectivity index is 1.37. The Bertz CT molecular complexity index is 1380. The fourth-order valence-corrected chi connectivity index (χ4v) is 5.42. The molecular weight excluding hydrogens is 440 g/mol. The van der Waals surface area contributed by atoms with Crippen LogP contribution in [0.5, 0.6) is 0 Å². The zero-order chi connectivity index (χ0) is 22.7. The molecule has 5 heterocycles. The van der Waals surface area contributed by atoms with Gasteiger partial charge in [0.1, 0.15) is 10.6 Å². The summed E-state index contributed by atoms with van der Waals surface area (Å²) in [6, 6.07) is 18.6. The number of fused-ring (bicyclic) bond motifs is 1. The summed E-state index contributed by atoms with van der Waals surface area (Å²) < 4.78 is 0. The Morgan fingerprint density at radius 1 is 0.765 bits per heavy atom. The Morgan fingerprint density at radius 2 is 1.53 bits per heavy atom. The van der Waals surface area contributed by atoms with Crippen LogP contribution in [-0.2, 0) is 6.54 Å². The molecule has 0 amide bonds. The number of anilines is 1. The summed E-state index contributed by atoms with van der Waals surface area (Å²) in [5.74, 6) is 1.75. The number of pyridine rings is 2. The van der Waals surface area contributed by atoms with Gasteiger partial charge < -0.3 is 4.90 Å². The van der Waals surface area contributed by atoms with E-state index in [0.717, 1.165) is 60.1 Å². The molecule has 0 aliphatic carbocycles. The van der Waals surface area contributed by atoms with Gasteiger partial charge in [0.05, 0.1) is 5.39 Å². The molecule has 0 spiro atoms. The van der Waals surface area contributed by atoms with Gasteiger partial charge in [0.15, 0.2) is 5.82 Å². The third-order valence-electron chi connectivity index (χ3n) is 6.22. The average molecular weight is 465 g/mol. The lowest BCUT2D eigenvalue weighted by Crippen LogP contribution is -2.46. The highest BCUT2D eigenvalue weighted by atomic mass is 32.1. The van der Waals surface area contributed by atoms with E-state index in [-0.39, 0.29) is 0 Å². The van der Waals surface area contributed by atoms with E-state index in [4.69, 9.17) is 9.97 Å². The Hall–Kier alpha value is -3.68. The molecule has 1 fully saturated rings. The molecule has 6 nitrogen and oxygen atoms in total. The minimum absolute atomic E-state index is 0.731. The highest BCUT2D eigenvalue weighted by Crippen LogP contribution is 2.39. The average Bonchev–Trinajstić information content (AvgIpc) is 3.35. The Labute approximate surface area is 202 Å². The molecule has 4 aromatic heterocycles. The van der Waals surface area contributed by atoms with Crippen molar-refractivity contribution in [3.05, 3.63) is 90.3 Å². The van der Waals surface area contributed by atoms with Gasteiger partial charge in [-0.3, -0.25) is 14.9 Å². The quantitative estimate of drug-likeness (QED) is 0.359. The van der Waals surface area contributed by atoms with Crippen LogP contribution >= 0.6 is 11.3 Å². The molecule has 1 aliphatic rings. The molecule has 0 radical (unpaired) electrons. The van der Waals surface area contributed by atoms with Gasteiger partial charge >= 0.3 is 0 Å². The molecule has 0 unspecified atom stereocenters. The van der Waals surface area contributed by atoms with Crippen molar-refractivity contribution in [1.82, 2.24) is 24.8 Å². The van der Waals surface area contributed by atoms with Crippen LogP contribution in [0.2, 0.25) is 0 Å². The monoisotopic (exact) mass is 464 g/mol. The zero-order valence-electron chi connectivity index (χ0n) is 18.7. The van der Waals surface area contributed by atoms with Gasteiger partial charge in [-0.2, -0.15) is 0 Å². The van der Waals surface area contributed by atoms with E-state index in [1.807, 2.05) is 36.8 Å². The summed E-state index contributed by atoms with van der Waals surface area (Å²) in [5, 5.41) is 3.36. The number of aromatic nitrogens is 4. The molecule has 168 valence electrons. The summed E-state index contributed by atoms with van der Waals surface area (Å²) in [6.07, 6.45) is 7.40. The largest absolute Gasteiger partial charge is 0.353 e. The van der Waals surface area contributed by atoms with Gasteiger partial charge in [-0.1, -0.05) is 36.4 Å². The second kappa shape index (κ2) is 9.29. The van der Waals surface area contributed by atoms with Gasteiger partial charge in [-0.25, -0.2) is 9.97 Å². The lowest BCUT2D eigenvalue weighted by atomic mass is 10.1. The van der Waals surface area contributed by atoms with E-state index in [0.29, 0.717) is 0 Å². The zero-order valence-corrected chi connectivity index (χ0v) is 19.5. The predicted molar refractivity (Wildman–Crippen MR) is 138 cm³/mol. The smallest absolute Gasteiger partial charge is 0.164 e. The SMILES string of the molecule is c1ccc(-c2csc3nc(-c4cccnc4)nc(N4CCN(Cc5cccnc5)CC4)c23)cc1. The van der Waals surface area contributed by atoms with Crippen molar-refractivity contribution >= 4 is 27.4 Å². The Kier molecular flexibility index (Phi) is 5.71. The van der Waals surface area contributed by atoms with Crippen molar-refractivity contribution in [2.75, 3.05) is 31.1 Å². The summed E-state index contributed by atoms with van der Waals surface area (Å²) >= 11 is 1.68. The number of hydrogen-bond donors (Lipinski definition) is 0. The first-order chi connectivity index (χ1) is 16.8. The van der Waals surface area contributed by atoms with Gasteiger partial charge in [0.25, 0.3) is 0 Å². The predicted octanol–water partition coefficient (Wildman–Crippen LogP) is 5.14. The highest BCUT2D eigenvalue weighted by molar-refractivity contribution is 7.17. The maximum atomic E-state index is 5.12. The molecule has 1 aromatic carbocycles. The number of hydrogen-bond acceptors (Lipinski definition) is 7. The first-order valence-corrected chi connectivity index (χ1v) is 12.3. The minimum Gasteiger partial charge on any atom is -0.353 e. The van der Waals surface area contributed by atoms with Gasteiger partial charge in [0, 0.05) is 74.0 Å².